The third kappa shape index (κ3) is 5.08. The van der Waals surface area contributed by atoms with Gasteiger partial charge >= 0.3 is 6.18 Å². The van der Waals surface area contributed by atoms with Crippen LogP contribution in [0.3, 0.4) is 0 Å². The molecule has 1 N–H and O–H groups in total. The summed E-state index contributed by atoms with van der Waals surface area (Å²) < 4.78 is 46.0. The molecule has 7 nitrogen and oxygen atoms in total. The number of nitrogens with one attached hydrogen (secondary N) is 1. The van der Waals surface area contributed by atoms with E-state index in [9.17, 15) is 22.8 Å². The number of thiophene rings is 1. The Morgan fingerprint density at radius 2 is 1.68 bits per heavy atom. The Morgan fingerprint density at radius 3 is 2.34 bits per heavy atom. The number of carbonyl (C=O) groups is 2. The lowest BCUT2D eigenvalue weighted by Gasteiger charge is -2.28. The third-order valence-corrected chi connectivity index (χ3v) is 6.85. The lowest BCUT2D eigenvalue weighted by atomic mass is 10.1. The maximum atomic E-state index is 13.3. The molecule has 0 unspecified atom stereocenters. The maximum absolute atomic E-state index is 13.3. The molecular formula is C26H17F3N4O3S2. The molecule has 0 atom stereocenters. The molecule has 5 rings (SSSR count). The van der Waals surface area contributed by atoms with Crippen LogP contribution in [0.25, 0.3) is 16.6 Å². The van der Waals surface area contributed by atoms with Crippen molar-refractivity contribution in [1.29, 1.82) is 0 Å². The van der Waals surface area contributed by atoms with E-state index in [0.29, 0.717) is 26.9 Å². The summed E-state index contributed by atoms with van der Waals surface area (Å²) >= 11 is 6.37. The number of nitrogens with zero attached hydrogens (tertiary/aromatic N) is 3. The molecule has 4 aromatic rings. The highest BCUT2D eigenvalue weighted by molar-refractivity contribution is 7.80. The average molecular weight is 555 g/mol. The van der Waals surface area contributed by atoms with Gasteiger partial charge in [0.05, 0.1) is 16.3 Å². The molecule has 3 heterocycles. The van der Waals surface area contributed by atoms with Crippen molar-refractivity contribution in [3.05, 3.63) is 88.9 Å². The van der Waals surface area contributed by atoms with Crippen LogP contribution in [0, 0.1) is 0 Å². The standard InChI is InChI=1S/C26H17F3N4O3S2/c1-32-20(14-22(31-32)26(27,28)29)21-12-11-18(38-21)13-19-23(34)30-25(37)33(24(19)35)15-7-9-17(10-8-15)36-16-5-3-2-4-6-16/h2-14H,1H3,(H,30,34,37)/b19-13+. The van der Waals surface area contributed by atoms with Crippen molar-refractivity contribution in [2.45, 2.75) is 6.18 Å². The maximum Gasteiger partial charge on any atom is 0.435 e. The molecule has 1 aliphatic rings. The van der Waals surface area contributed by atoms with Gasteiger partial charge in [-0.25, -0.2) is 0 Å². The Bertz CT molecular complexity index is 1580. The van der Waals surface area contributed by atoms with Gasteiger partial charge in [-0.3, -0.25) is 24.5 Å². The van der Waals surface area contributed by atoms with Crippen LogP contribution in [-0.4, -0.2) is 26.7 Å². The normalized spacial score (nSPS) is 15.2. The van der Waals surface area contributed by atoms with Crippen molar-refractivity contribution in [2.75, 3.05) is 4.90 Å². The van der Waals surface area contributed by atoms with Crippen LogP contribution in [0.5, 0.6) is 11.5 Å². The molecule has 0 saturated carbocycles. The van der Waals surface area contributed by atoms with Gasteiger partial charge in [-0.2, -0.15) is 18.3 Å². The number of alkyl halides is 3. The fourth-order valence-electron chi connectivity index (χ4n) is 3.73. The van der Waals surface area contributed by atoms with E-state index in [2.05, 4.69) is 10.4 Å². The lowest BCUT2D eigenvalue weighted by molar-refractivity contribution is -0.141. The van der Waals surface area contributed by atoms with E-state index in [1.165, 1.54) is 18.0 Å². The predicted octanol–water partition coefficient (Wildman–Crippen LogP) is 5.79. The van der Waals surface area contributed by atoms with Gasteiger partial charge < -0.3 is 4.74 Å². The second kappa shape index (κ2) is 9.88. The number of halogens is 3. The van der Waals surface area contributed by atoms with Crippen LogP contribution >= 0.6 is 23.6 Å². The van der Waals surface area contributed by atoms with Crippen molar-refractivity contribution in [2.24, 2.45) is 7.05 Å². The van der Waals surface area contributed by atoms with Crippen molar-refractivity contribution in [1.82, 2.24) is 15.1 Å². The molecule has 0 spiro atoms. The first-order chi connectivity index (χ1) is 18.1. The highest BCUT2D eigenvalue weighted by Crippen LogP contribution is 2.35. The first kappa shape index (κ1) is 25.4. The molecule has 38 heavy (non-hydrogen) atoms. The number of rotatable bonds is 5. The Kier molecular flexibility index (Phi) is 6.59. The number of thiocarbonyl (C=S) groups is 1. The minimum atomic E-state index is -4.57. The van der Waals surface area contributed by atoms with E-state index in [4.69, 9.17) is 17.0 Å². The van der Waals surface area contributed by atoms with Gasteiger partial charge in [-0.15, -0.1) is 11.3 Å². The zero-order valence-electron chi connectivity index (χ0n) is 19.5. The number of ether oxygens (including phenoxy) is 1. The quantitative estimate of drug-likeness (QED) is 0.192. The zero-order chi connectivity index (χ0) is 27.0. The molecule has 0 aliphatic carbocycles. The van der Waals surface area contributed by atoms with Crippen LogP contribution in [0.15, 0.2) is 78.4 Å². The minimum absolute atomic E-state index is 0.0738. The lowest BCUT2D eigenvalue weighted by Crippen LogP contribution is -2.54. The number of benzene rings is 2. The van der Waals surface area contributed by atoms with E-state index in [1.54, 1.807) is 36.4 Å². The van der Waals surface area contributed by atoms with Gasteiger partial charge in [0.1, 0.15) is 17.1 Å². The Hall–Kier alpha value is -4.29. The molecule has 0 bridgehead atoms. The summed E-state index contributed by atoms with van der Waals surface area (Å²) in [6, 6.07) is 20.0. The summed E-state index contributed by atoms with van der Waals surface area (Å²) in [4.78, 5) is 28.1. The van der Waals surface area contributed by atoms with Crippen LogP contribution in [0.2, 0.25) is 0 Å². The number of hydrogen-bond acceptors (Lipinski definition) is 6. The summed E-state index contributed by atoms with van der Waals surface area (Å²) in [5.74, 6) is -0.107. The highest BCUT2D eigenvalue weighted by Gasteiger charge is 2.36. The van der Waals surface area contributed by atoms with Crippen molar-refractivity contribution in [3.8, 4) is 22.1 Å². The molecule has 1 aliphatic heterocycles. The van der Waals surface area contributed by atoms with Gasteiger partial charge in [0.15, 0.2) is 10.8 Å². The van der Waals surface area contributed by atoms with E-state index >= 15 is 0 Å². The van der Waals surface area contributed by atoms with Crippen molar-refractivity contribution in [3.63, 3.8) is 0 Å². The van der Waals surface area contributed by atoms with Crippen LogP contribution in [0.4, 0.5) is 18.9 Å². The van der Waals surface area contributed by atoms with E-state index < -0.39 is 23.7 Å². The number of para-hydroxylation sites is 1. The molecule has 1 fully saturated rings. The minimum Gasteiger partial charge on any atom is -0.457 e. The van der Waals surface area contributed by atoms with Crippen molar-refractivity contribution < 1.29 is 27.5 Å². The second-order valence-electron chi connectivity index (χ2n) is 8.11. The van der Waals surface area contributed by atoms with Gasteiger partial charge in [0.25, 0.3) is 11.8 Å². The number of anilines is 1. The van der Waals surface area contributed by atoms with Crippen LogP contribution < -0.4 is 15.0 Å². The van der Waals surface area contributed by atoms with E-state index in [-0.39, 0.29) is 16.4 Å². The molecule has 2 aromatic carbocycles. The molecule has 0 radical (unpaired) electrons. The average Bonchev–Trinajstić information content (AvgIpc) is 3.49. The number of amides is 2. The first-order valence-corrected chi connectivity index (χ1v) is 12.3. The van der Waals surface area contributed by atoms with Gasteiger partial charge in [0.2, 0.25) is 0 Å². The van der Waals surface area contributed by atoms with E-state index in [0.717, 1.165) is 22.1 Å². The SMILES string of the molecule is Cn1nc(C(F)(F)F)cc1-c1ccc(/C=C2\C(=O)NC(=S)N(c3ccc(Oc4ccccc4)cc3)C2=O)s1. The van der Waals surface area contributed by atoms with Crippen LogP contribution in [-0.2, 0) is 22.8 Å². The molecule has 12 heteroatoms. The Labute approximate surface area is 223 Å². The molecule has 1 saturated heterocycles. The fraction of sp³-hybridized carbons (Fsp3) is 0.0769. The Balaban J connectivity index is 1.39. The summed E-state index contributed by atoms with van der Waals surface area (Å²) in [6.07, 6.45) is -3.19. The summed E-state index contributed by atoms with van der Waals surface area (Å²) in [5, 5.41) is 5.96. The summed E-state index contributed by atoms with van der Waals surface area (Å²) in [6.45, 7) is 0. The van der Waals surface area contributed by atoms with E-state index in [1.807, 2.05) is 30.3 Å². The third-order valence-electron chi connectivity index (χ3n) is 5.51. The number of aryl methyl sites for hydroxylation is 1. The largest absolute Gasteiger partial charge is 0.457 e. The number of aromatic nitrogens is 2. The van der Waals surface area contributed by atoms with Gasteiger partial charge in [0, 0.05) is 11.9 Å². The highest BCUT2D eigenvalue weighted by atomic mass is 32.1. The van der Waals surface area contributed by atoms with Crippen molar-refractivity contribution >= 4 is 52.2 Å². The second-order valence-corrected chi connectivity index (χ2v) is 9.61. The fourth-order valence-corrected chi connectivity index (χ4v) is 5.01. The summed E-state index contributed by atoms with van der Waals surface area (Å²) in [5.41, 5.74) is -0.494. The molecular weight excluding hydrogens is 537 g/mol. The molecule has 2 aromatic heterocycles. The summed E-state index contributed by atoms with van der Waals surface area (Å²) in [7, 11) is 1.41. The predicted molar refractivity (Wildman–Crippen MR) is 141 cm³/mol. The Morgan fingerprint density at radius 1 is 1.00 bits per heavy atom. The molecule has 192 valence electrons. The van der Waals surface area contributed by atoms with Gasteiger partial charge in [-0.1, -0.05) is 18.2 Å². The van der Waals surface area contributed by atoms with Crippen LogP contribution in [0.1, 0.15) is 10.6 Å². The zero-order valence-corrected chi connectivity index (χ0v) is 21.2. The topological polar surface area (TPSA) is 76.5 Å². The first-order valence-electron chi connectivity index (χ1n) is 11.1. The van der Waals surface area contributed by atoms with Gasteiger partial charge in [-0.05, 0) is 72.9 Å². The number of hydrogen-bond donors (Lipinski definition) is 1. The smallest absolute Gasteiger partial charge is 0.435 e. The number of carbonyl (C=O) groups excluding carboxylic acids is 2. The monoisotopic (exact) mass is 554 g/mol. The molecule has 2 amide bonds.